The van der Waals surface area contributed by atoms with Gasteiger partial charge in [0, 0.05) is 55.2 Å². The van der Waals surface area contributed by atoms with Gasteiger partial charge in [-0.2, -0.15) is 13.2 Å². The summed E-state index contributed by atoms with van der Waals surface area (Å²) >= 11 is 0. The van der Waals surface area contributed by atoms with Crippen LogP contribution < -0.4 is 16.0 Å². The van der Waals surface area contributed by atoms with Gasteiger partial charge in [-0.3, -0.25) is 9.69 Å². The molecule has 0 saturated carbocycles. The molecule has 3 N–H and O–H groups in total. The third-order valence-electron chi connectivity index (χ3n) is 7.50. The molecule has 0 spiro atoms. The van der Waals surface area contributed by atoms with Gasteiger partial charge in [-0.1, -0.05) is 12.1 Å². The maximum Gasteiger partial charge on any atom is 0.416 e. The van der Waals surface area contributed by atoms with Crippen molar-refractivity contribution < 1.29 is 22.7 Å². The standard InChI is InChI=1S/C34H31F3N8O2/c1-22-7-8-26(41-33(46)24-4-2-5-25(19-24)34(35,36)37)20-28(22)42-31-27(6-3-11-39-31)32-40-13-10-29(44-32)43-30-18-23(9-12-38-30)21-45-14-16-47-17-15-45/h2-13,18-20H,14-17,21H2,1H3,(H,39,42)(H,41,46)(H,38,40,43,44). The number of hydrogen-bond acceptors (Lipinski definition) is 9. The van der Waals surface area contributed by atoms with E-state index in [9.17, 15) is 18.0 Å². The van der Waals surface area contributed by atoms with E-state index in [1.807, 2.05) is 25.1 Å². The Morgan fingerprint density at radius 2 is 1.70 bits per heavy atom. The Morgan fingerprint density at radius 3 is 2.53 bits per heavy atom. The number of anilines is 5. The van der Waals surface area contributed by atoms with Crippen LogP contribution in [0.3, 0.4) is 0 Å². The summed E-state index contributed by atoms with van der Waals surface area (Å²) < 4.78 is 44.9. The first-order valence-corrected chi connectivity index (χ1v) is 14.9. The molecule has 1 aliphatic rings. The van der Waals surface area contributed by atoms with Crippen LogP contribution in [0.25, 0.3) is 11.4 Å². The molecule has 240 valence electrons. The number of morpholine rings is 1. The third-order valence-corrected chi connectivity index (χ3v) is 7.50. The summed E-state index contributed by atoms with van der Waals surface area (Å²) in [6, 6.07) is 18.8. The highest BCUT2D eigenvalue weighted by Gasteiger charge is 2.31. The summed E-state index contributed by atoms with van der Waals surface area (Å²) in [4.78, 5) is 33.3. The van der Waals surface area contributed by atoms with Gasteiger partial charge in [-0.05, 0) is 78.7 Å². The maximum absolute atomic E-state index is 13.2. The number of aromatic nitrogens is 4. The van der Waals surface area contributed by atoms with Crippen LogP contribution in [0.4, 0.5) is 42.0 Å². The van der Waals surface area contributed by atoms with Crippen LogP contribution in [-0.2, 0) is 17.5 Å². The van der Waals surface area contributed by atoms with Gasteiger partial charge in [0.2, 0.25) is 0 Å². The maximum atomic E-state index is 13.2. The molecule has 1 amide bonds. The number of carbonyl (C=O) groups is 1. The fourth-order valence-electron chi connectivity index (χ4n) is 5.04. The van der Waals surface area contributed by atoms with Gasteiger partial charge in [0.1, 0.15) is 17.5 Å². The first kappa shape index (κ1) is 31.6. The highest BCUT2D eigenvalue weighted by atomic mass is 19.4. The Morgan fingerprint density at radius 1 is 0.872 bits per heavy atom. The molecule has 0 aliphatic carbocycles. The van der Waals surface area contributed by atoms with Gasteiger partial charge in [0.25, 0.3) is 5.91 Å². The van der Waals surface area contributed by atoms with Crippen molar-refractivity contribution in [3.05, 3.63) is 114 Å². The molecule has 0 unspecified atom stereocenters. The molecule has 5 aromatic rings. The van der Waals surface area contributed by atoms with Crippen molar-refractivity contribution in [3.63, 3.8) is 0 Å². The Labute approximate surface area is 269 Å². The molecule has 47 heavy (non-hydrogen) atoms. The number of halogens is 3. The second kappa shape index (κ2) is 13.9. The lowest BCUT2D eigenvalue weighted by Gasteiger charge is -2.26. The molecule has 3 aromatic heterocycles. The minimum atomic E-state index is -4.55. The number of nitrogens with zero attached hydrogens (tertiary/aromatic N) is 5. The molecule has 10 nitrogen and oxygen atoms in total. The first-order chi connectivity index (χ1) is 22.7. The number of pyridine rings is 2. The van der Waals surface area contributed by atoms with Crippen LogP contribution in [0.2, 0.25) is 0 Å². The molecule has 13 heteroatoms. The predicted molar refractivity (Wildman–Crippen MR) is 173 cm³/mol. The number of nitrogens with one attached hydrogen (secondary N) is 3. The van der Waals surface area contributed by atoms with Gasteiger partial charge in [-0.25, -0.2) is 19.9 Å². The summed E-state index contributed by atoms with van der Waals surface area (Å²) in [6.45, 7) is 5.92. The van der Waals surface area contributed by atoms with Crippen LogP contribution in [0.5, 0.6) is 0 Å². The summed E-state index contributed by atoms with van der Waals surface area (Å²) in [7, 11) is 0. The highest BCUT2D eigenvalue weighted by molar-refractivity contribution is 6.04. The summed E-state index contributed by atoms with van der Waals surface area (Å²) in [5.41, 5.74) is 2.62. The van der Waals surface area contributed by atoms with E-state index in [0.29, 0.717) is 40.2 Å². The molecule has 6 rings (SSSR count). The first-order valence-electron chi connectivity index (χ1n) is 14.9. The number of hydrogen-bond donors (Lipinski definition) is 3. The molecule has 0 bridgehead atoms. The zero-order valence-corrected chi connectivity index (χ0v) is 25.4. The summed E-state index contributed by atoms with van der Waals surface area (Å²) in [5.74, 6) is 1.44. The van der Waals surface area contributed by atoms with E-state index in [1.165, 1.54) is 12.1 Å². The Hall–Kier alpha value is -5.40. The normalized spacial score (nSPS) is 13.6. The van der Waals surface area contributed by atoms with Gasteiger partial charge >= 0.3 is 6.18 Å². The second-order valence-electron chi connectivity index (χ2n) is 10.9. The molecular weight excluding hydrogens is 609 g/mol. The van der Waals surface area contributed by atoms with Crippen molar-refractivity contribution in [3.8, 4) is 11.4 Å². The second-order valence-corrected chi connectivity index (χ2v) is 10.9. The fraction of sp³-hybridized carbons (Fsp3) is 0.206. The van der Waals surface area contributed by atoms with Crippen molar-refractivity contribution in [2.24, 2.45) is 0 Å². The van der Waals surface area contributed by atoms with E-state index in [-0.39, 0.29) is 5.56 Å². The quantitative estimate of drug-likeness (QED) is 0.159. The topological polar surface area (TPSA) is 117 Å². The lowest BCUT2D eigenvalue weighted by Crippen LogP contribution is -2.35. The zero-order valence-electron chi connectivity index (χ0n) is 25.4. The van der Waals surface area contributed by atoms with E-state index in [0.717, 1.165) is 56.1 Å². The van der Waals surface area contributed by atoms with Crippen LogP contribution in [0, 0.1) is 6.92 Å². The van der Waals surface area contributed by atoms with Crippen molar-refractivity contribution in [1.29, 1.82) is 0 Å². The fourth-order valence-corrected chi connectivity index (χ4v) is 5.04. The van der Waals surface area contributed by atoms with Crippen LogP contribution in [0.1, 0.15) is 27.0 Å². The minimum Gasteiger partial charge on any atom is -0.379 e. The summed E-state index contributed by atoms with van der Waals surface area (Å²) in [6.07, 6.45) is 0.491. The number of benzene rings is 2. The predicted octanol–water partition coefficient (Wildman–Crippen LogP) is 6.83. The third kappa shape index (κ3) is 8.07. The minimum absolute atomic E-state index is 0.105. The van der Waals surface area contributed by atoms with Crippen molar-refractivity contribution in [1.82, 2.24) is 24.8 Å². The molecule has 0 radical (unpaired) electrons. The molecule has 1 saturated heterocycles. The molecule has 1 aliphatic heterocycles. The lowest BCUT2D eigenvalue weighted by atomic mass is 10.1. The summed E-state index contributed by atoms with van der Waals surface area (Å²) in [5, 5.41) is 9.25. The SMILES string of the molecule is Cc1ccc(NC(=O)c2cccc(C(F)(F)F)c2)cc1Nc1ncccc1-c1nccc(Nc2cc(CN3CCOCC3)ccn2)n1. The van der Waals surface area contributed by atoms with E-state index in [2.05, 4.69) is 35.8 Å². The number of rotatable bonds is 9. The number of alkyl halides is 3. The largest absolute Gasteiger partial charge is 0.416 e. The van der Waals surface area contributed by atoms with Crippen molar-refractivity contribution in [2.45, 2.75) is 19.6 Å². The van der Waals surface area contributed by atoms with Crippen molar-refractivity contribution in [2.75, 3.05) is 42.3 Å². The van der Waals surface area contributed by atoms with Gasteiger partial charge in [-0.15, -0.1) is 0 Å². The van der Waals surface area contributed by atoms with Crippen LogP contribution in [-0.4, -0.2) is 57.0 Å². The Balaban J connectivity index is 1.18. The Bertz CT molecular complexity index is 1880. The van der Waals surface area contributed by atoms with E-state index in [4.69, 9.17) is 9.72 Å². The van der Waals surface area contributed by atoms with Gasteiger partial charge < -0.3 is 20.7 Å². The van der Waals surface area contributed by atoms with Crippen LogP contribution in [0.15, 0.2) is 91.4 Å². The number of amides is 1. The monoisotopic (exact) mass is 640 g/mol. The highest BCUT2D eigenvalue weighted by Crippen LogP contribution is 2.31. The van der Waals surface area contributed by atoms with E-state index < -0.39 is 17.6 Å². The average molecular weight is 641 g/mol. The van der Waals surface area contributed by atoms with E-state index in [1.54, 1.807) is 48.9 Å². The van der Waals surface area contributed by atoms with Crippen LogP contribution >= 0.6 is 0 Å². The number of ether oxygens (including phenoxy) is 1. The number of aryl methyl sites for hydroxylation is 1. The van der Waals surface area contributed by atoms with Crippen molar-refractivity contribution >= 4 is 34.7 Å². The van der Waals surface area contributed by atoms with E-state index >= 15 is 0 Å². The van der Waals surface area contributed by atoms with Gasteiger partial charge in [0.15, 0.2) is 5.82 Å². The molecule has 4 heterocycles. The molecule has 2 aromatic carbocycles. The molecule has 0 atom stereocenters. The Kier molecular flexibility index (Phi) is 9.36. The average Bonchev–Trinajstić information content (AvgIpc) is 3.07. The smallest absolute Gasteiger partial charge is 0.379 e. The molecular formula is C34H31F3N8O2. The number of carbonyl (C=O) groups excluding carboxylic acids is 1. The molecule has 1 fully saturated rings. The lowest BCUT2D eigenvalue weighted by molar-refractivity contribution is -0.137. The zero-order chi connectivity index (χ0) is 32.8. The van der Waals surface area contributed by atoms with Gasteiger partial charge in [0.05, 0.1) is 24.3 Å².